The van der Waals surface area contributed by atoms with Gasteiger partial charge in [-0.3, -0.25) is 4.79 Å². The lowest BCUT2D eigenvalue weighted by Crippen LogP contribution is -2.04. The lowest BCUT2D eigenvalue weighted by Gasteiger charge is -1.95. The maximum atomic E-state index is 10.6. The lowest BCUT2D eigenvalue weighted by molar-refractivity contribution is -0.113. The number of primary amides is 1. The van der Waals surface area contributed by atoms with Crippen LogP contribution in [0.1, 0.15) is 5.76 Å². The monoisotopic (exact) mass is 325 g/mol. The number of aromatic nitrogens is 2. The Balaban J connectivity index is 2.17. The fourth-order valence-corrected chi connectivity index (χ4v) is 2.34. The van der Waals surface area contributed by atoms with Crippen LogP contribution in [0.2, 0.25) is 0 Å². The van der Waals surface area contributed by atoms with Crippen LogP contribution in [0.25, 0.3) is 6.08 Å². The highest BCUT2D eigenvalue weighted by Crippen LogP contribution is 2.34. The zero-order valence-electron chi connectivity index (χ0n) is 9.04. The summed E-state index contributed by atoms with van der Waals surface area (Å²) in [6, 6.07) is 3.48. The van der Waals surface area contributed by atoms with Gasteiger partial charge in [0.25, 0.3) is 0 Å². The fraction of sp³-hybridized carbons (Fsp3) is 0. The third-order valence-corrected chi connectivity index (χ3v) is 3.55. The maximum absolute atomic E-state index is 10.6. The molecule has 0 aromatic carbocycles. The first-order valence-corrected chi connectivity index (χ1v) is 6.48. The Kier molecular flexibility index (Phi) is 4.16. The predicted molar refractivity (Wildman–Crippen MR) is 70.8 cm³/mol. The van der Waals surface area contributed by atoms with Crippen LogP contribution in [0.4, 0.5) is 0 Å². The minimum absolute atomic E-state index is 0.525. The molecule has 1 amide bonds. The van der Waals surface area contributed by atoms with Gasteiger partial charge < -0.3 is 10.2 Å². The van der Waals surface area contributed by atoms with Crippen molar-refractivity contribution >= 4 is 39.7 Å². The summed E-state index contributed by atoms with van der Waals surface area (Å²) in [7, 11) is 0. The molecule has 0 aliphatic rings. The van der Waals surface area contributed by atoms with Crippen LogP contribution in [-0.4, -0.2) is 15.9 Å². The smallest absolute Gasteiger partial charge is 0.241 e. The van der Waals surface area contributed by atoms with E-state index in [0.717, 1.165) is 4.47 Å². The van der Waals surface area contributed by atoms with Gasteiger partial charge in [-0.25, -0.2) is 9.97 Å². The Bertz CT molecular complexity index is 583. The van der Waals surface area contributed by atoms with Crippen LogP contribution in [-0.2, 0) is 4.79 Å². The van der Waals surface area contributed by atoms with Gasteiger partial charge in [0.1, 0.15) is 5.76 Å². The molecule has 0 aliphatic carbocycles. The largest absolute Gasteiger partial charge is 0.449 e. The van der Waals surface area contributed by atoms with Crippen molar-refractivity contribution in [3.63, 3.8) is 0 Å². The normalized spacial score (nSPS) is 10.9. The van der Waals surface area contributed by atoms with Crippen LogP contribution in [0.3, 0.4) is 0 Å². The Morgan fingerprint density at radius 2 is 2.17 bits per heavy atom. The summed E-state index contributed by atoms with van der Waals surface area (Å²) in [5, 5.41) is 1.20. The van der Waals surface area contributed by atoms with Crippen molar-refractivity contribution in [3.8, 4) is 0 Å². The molecular formula is C11H8BrN3O2S. The summed E-state index contributed by atoms with van der Waals surface area (Å²) in [6.45, 7) is 0. The van der Waals surface area contributed by atoms with Gasteiger partial charge in [-0.1, -0.05) is 0 Å². The van der Waals surface area contributed by atoms with Gasteiger partial charge in [0.2, 0.25) is 5.91 Å². The number of hydrogen-bond acceptors (Lipinski definition) is 5. The third-order valence-electron chi connectivity index (χ3n) is 1.81. The number of amides is 1. The number of rotatable bonds is 4. The molecule has 0 bridgehead atoms. The van der Waals surface area contributed by atoms with Crippen LogP contribution in [0.5, 0.6) is 0 Å². The molecule has 2 N–H and O–H groups in total. The van der Waals surface area contributed by atoms with E-state index in [9.17, 15) is 4.79 Å². The zero-order chi connectivity index (χ0) is 13.0. The Labute approximate surface area is 116 Å². The first-order chi connectivity index (χ1) is 8.65. The maximum Gasteiger partial charge on any atom is 0.241 e. The van der Waals surface area contributed by atoms with Crippen LogP contribution in [0.15, 0.2) is 49.7 Å². The van der Waals surface area contributed by atoms with Crippen molar-refractivity contribution < 1.29 is 9.21 Å². The first kappa shape index (κ1) is 12.8. The molecule has 18 heavy (non-hydrogen) atoms. The van der Waals surface area contributed by atoms with E-state index in [0.29, 0.717) is 16.0 Å². The molecule has 0 radical (unpaired) electrons. The van der Waals surface area contributed by atoms with E-state index in [2.05, 4.69) is 25.9 Å². The molecule has 0 aliphatic heterocycles. The van der Waals surface area contributed by atoms with Crippen molar-refractivity contribution in [1.29, 1.82) is 0 Å². The molecule has 0 saturated heterocycles. The van der Waals surface area contributed by atoms with Crippen molar-refractivity contribution in [2.75, 3.05) is 0 Å². The highest BCUT2D eigenvalue weighted by Gasteiger charge is 2.10. The Morgan fingerprint density at radius 1 is 1.44 bits per heavy atom. The van der Waals surface area contributed by atoms with Gasteiger partial charge in [-0.05, 0) is 45.9 Å². The van der Waals surface area contributed by atoms with E-state index < -0.39 is 5.91 Å². The summed E-state index contributed by atoms with van der Waals surface area (Å²) in [5.41, 5.74) is 5.00. The molecule has 2 rings (SSSR count). The number of carbonyl (C=O) groups excluding carboxylic acids is 1. The Hall–Kier alpha value is -1.60. The average Bonchev–Trinajstić information content (AvgIpc) is 2.69. The second kappa shape index (κ2) is 5.83. The van der Waals surface area contributed by atoms with E-state index in [-0.39, 0.29) is 0 Å². The van der Waals surface area contributed by atoms with Crippen molar-refractivity contribution in [3.05, 3.63) is 40.8 Å². The van der Waals surface area contributed by atoms with E-state index in [1.54, 1.807) is 24.5 Å². The highest BCUT2D eigenvalue weighted by molar-refractivity contribution is 9.10. The van der Waals surface area contributed by atoms with Gasteiger partial charge in [-0.15, -0.1) is 0 Å². The van der Waals surface area contributed by atoms with E-state index in [1.165, 1.54) is 23.9 Å². The molecule has 0 saturated carbocycles. The summed E-state index contributed by atoms with van der Waals surface area (Å²) in [5.74, 6) is 0.00206. The van der Waals surface area contributed by atoms with Crippen molar-refractivity contribution in [2.45, 2.75) is 10.2 Å². The second-order valence-electron chi connectivity index (χ2n) is 3.15. The van der Waals surface area contributed by atoms with Crippen LogP contribution >= 0.6 is 27.7 Å². The minimum Gasteiger partial charge on any atom is -0.449 e. The van der Waals surface area contributed by atoms with E-state index >= 15 is 0 Å². The molecule has 2 aromatic rings. The number of hydrogen-bond donors (Lipinski definition) is 1. The molecule has 5 nitrogen and oxygen atoms in total. The SMILES string of the molecule is NC(=O)/C=C\c1cc(Br)c(Sc2ncccn2)o1. The van der Waals surface area contributed by atoms with Gasteiger partial charge >= 0.3 is 0 Å². The topological polar surface area (TPSA) is 82.0 Å². The molecular weight excluding hydrogens is 318 g/mol. The predicted octanol–water partition coefficient (Wildman–Crippen LogP) is 2.48. The summed E-state index contributed by atoms with van der Waals surface area (Å²) in [6.07, 6.45) is 6.04. The van der Waals surface area contributed by atoms with Gasteiger partial charge in [0.15, 0.2) is 10.2 Å². The fourth-order valence-electron chi connectivity index (χ4n) is 1.11. The number of nitrogens with two attached hydrogens (primary N) is 1. The number of furan rings is 1. The first-order valence-electron chi connectivity index (χ1n) is 4.87. The van der Waals surface area contributed by atoms with Gasteiger partial charge in [0, 0.05) is 18.5 Å². The molecule has 2 heterocycles. The number of nitrogens with zero attached hydrogens (tertiary/aromatic N) is 2. The summed E-state index contributed by atoms with van der Waals surface area (Å²) >= 11 is 4.64. The summed E-state index contributed by atoms with van der Waals surface area (Å²) < 4.78 is 6.28. The van der Waals surface area contributed by atoms with Crippen LogP contribution < -0.4 is 5.73 Å². The van der Waals surface area contributed by atoms with E-state index in [4.69, 9.17) is 10.2 Å². The lowest BCUT2D eigenvalue weighted by atomic mass is 10.4. The number of carbonyl (C=O) groups is 1. The molecule has 7 heteroatoms. The van der Waals surface area contributed by atoms with Gasteiger partial charge in [0.05, 0.1) is 4.47 Å². The molecule has 92 valence electrons. The van der Waals surface area contributed by atoms with Crippen LogP contribution in [0, 0.1) is 0 Å². The zero-order valence-corrected chi connectivity index (χ0v) is 11.4. The quantitative estimate of drug-likeness (QED) is 0.689. The van der Waals surface area contributed by atoms with Crippen molar-refractivity contribution in [2.24, 2.45) is 5.73 Å². The molecule has 0 fully saturated rings. The van der Waals surface area contributed by atoms with Gasteiger partial charge in [-0.2, -0.15) is 0 Å². The molecule has 0 atom stereocenters. The molecule has 0 unspecified atom stereocenters. The number of halogens is 1. The molecule has 2 aromatic heterocycles. The minimum atomic E-state index is -0.525. The highest BCUT2D eigenvalue weighted by atomic mass is 79.9. The van der Waals surface area contributed by atoms with Crippen molar-refractivity contribution in [1.82, 2.24) is 9.97 Å². The second-order valence-corrected chi connectivity index (χ2v) is 4.95. The molecule has 0 spiro atoms. The average molecular weight is 326 g/mol. The standard InChI is InChI=1S/C11H8BrN3O2S/c12-8-6-7(2-3-9(13)16)17-10(8)18-11-14-4-1-5-15-11/h1-6H,(H2,13,16)/b3-2-. The Morgan fingerprint density at radius 3 is 2.83 bits per heavy atom. The summed E-state index contributed by atoms with van der Waals surface area (Å²) in [4.78, 5) is 18.8. The third kappa shape index (κ3) is 3.44. The van der Waals surface area contributed by atoms with E-state index in [1.807, 2.05) is 0 Å².